The number of fused-ring (bicyclic) bond motifs is 1. The van der Waals surface area contributed by atoms with Crippen LogP contribution in [0, 0.1) is 0 Å². The van der Waals surface area contributed by atoms with E-state index >= 15 is 0 Å². The predicted octanol–water partition coefficient (Wildman–Crippen LogP) is 0.764. The minimum absolute atomic E-state index is 0.205. The van der Waals surface area contributed by atoms with Crippen LogP contribution in [0.4, 0.5) is 0 Å². The molecule has 136 valence electrons. The van der Waals surface area contributed by atoms with Gasteiger partial charge in [0.05, 0.1) is 24.4 Å². The predicted molar refractivity (Wildman–Crippen MR) is 87.5 cm³/mol. The topological polar surface area (TPSA) is 126 Å². The van der Waals surface area contributed by atoms with Gasteiger partial charge in [0, 0.05) is 12.1 Å². The summed E-state index contributed by atoms with van der Waals surface area (Å²) >= 11 is 0. The summed E-state index contributed by atoms with van der Waals surface area (Å²) in [5.41, 5.74) is 6.70. The van der Waals surface area contributed by atoms with Gasteiger partial charge in [-0.15, -0.1) is 0 Å². The lowest BCUT2D eigenvalue weighted by Gasteiger charge is -2.16. The van der Waals surface area contributed by atoms with Crippen LogP contribution in [0.5, 0.6) is 0 Å². The number of rotatable bonds is 7. The van der Waals surface area contributed by atoms with E-state index in [0.717, 1.165) is 0 Å². The maximum absolute atomic E-state index is 12.0. The second-order valence-corrected chi connectivity index (χ2v) is 5.46. The Kier molecular flexibility index (Phi) is 5.81. The Morgan fingerprint density at radius 2 is 2.04 bits per heavy atom. The Morgan fingerprint density at radius 1 is 1.32 bits per heavy atom. The van der Waals surface area contributed by atoms with Crippen molar-refractivity contribution in [1.82, 2.24) is 9.88 Å². The first-order chi connectivity index (χ1) is 11.8. The van der Waals surface area contributed by atoms with Gasteiger partial charge >= 0.3 is 11.9 Å². The Hall–Kier alpha value is -2.81. The van der Waals surface area contributed by atoms with Gasteiger partial charge in [0.15, 0.2) is 12.3 Å². The molecular formula is C16H21N3O6. The second-order valence-electron chi connectivity index (χ2n) is 5.46. The fourth-order valence-electron chi connectivity index (χ4n) is 2.15. The van der Waals surface area contributed by atoms with Gasteiger partial charge in [0.25, 0.3) is 0 Å². The van der Waals surface area contributed by atoms with Crippen molar-refractivity contribution < 1.29 is 28.3 Å². The first-order valence-corrected chi connectivity index (χ1v) is 7.81. The van der Waals surface area contributed by atoms with Crippen molar-refractivity contribution in [3.63, 3.8) is 0 Å². The number of nitrogens with zero attached hydrogens (tertiary/aromatic N) is 1. The van der Waals surface area contributed by atoms with E-state index in [2.05, 4.69) is 5.32 Å². The third kappa shape index (κ3) is 4.18. The fourth-order valence-corrected chi connectivity index (χ4v) is 2.15. The lowest BCUT2D eigenvalue weighted by Crippen LogP contribution is -2.46. The molecule has 0 fully saturated rings. The number of ether oxygens (including phenoxy) is 2. The summed E-state index contributed by atoms with van der Waals surface area (Å²) in [7, 11) is 0. The molecule has 1 amide bonds. The van der Waals surface area contributed by atoms with Crippen LogP contribution in [0.15, 0.2) is 22.8 Å². The van der Waals surface area contributed by atoms with Gasteiger partial charge in [-0.25, -0.2) is 9.59 Å². The molecule has 0 radical (unpaired) electrons. The van der Waals surface area contributed by atoms with Crippen LogP contribution in [0.2, 0.25) is 0 Å². The summed E-state index contributed by atoms with van der Waals surface area (Å²) in [6, 6.07) is 1.55. The summed E-state index contributed by atoms with van der Waals surface area (Å²) in [5, 5.41) is 2.44. The standard InChI is InChI=1S/C16H21N3O6/c1-4-23-16(22)12-7-13-11(5-6-24-13)19(12)8-25-15(21)10(3)18-14(20)9(2)17/h5-7,9-10H,4,8,17H2,1-3H3,(H,18,20)/t9-,10-/m0/s1. The number of aromatic nitrogens is 1. The van der Waals surface area contributed by atoms with Gasteiger partial charge in [-0.3, -0.25) is 9.36 Å². The number of nitrogens with two attached hydrogens (primary N) is 1. The zero-order valence-corrected chi connectivity index (χ0v) is 14.3. The Bertz CT molecular complexity index is 776. The van der Waals surface area contributed by atoms with E-state index in [1.807, 2.05) is 0 Å². The van der Waals surface area contributed by atoms with Crippen LogP contribution < -0.4 is 11.1 Å². The van der Waals surface area contributed by atoms with Gasteiger partial charge < -0.3 is 24.9 Å². The Labute approximate surface area is 144 Å². The molecule has 0 saturated heterocycles. The lowest BCUT2D eigenvalue weighted by molar-refractivity contribution is -0.151. The average molecular weight is 351 g/mol. The van der Waals surface area contributed by atoms with Crippen LogP contribution in [-0.4, -0.2) is 41.1 Å². The quantitative estimate of drug-likeness (QED) is 0.705. The first-order valence-electron chi connectivity index (χ1n) is 7.81. The number of carbonyl (C=O) groups is 3. The molecule has 0 aliphatic rings. The van der Waals surface area contributed by atoms with Crippen molar-refractivity contribution in [2.75, 3.05) is 6.61 Å². The second kappa shape index (κ2) is 7.84. The molecule has 2 aromatic heterocycles. The number of nitrogens with one attached hydrogen (secondary N) is 1. The van der Waals surface area contributed by atoms with E-state index in [0.29, 0.717) is 11.1 Å². The fraction of sp³-hybridized carbons (Fsp3) is 0.438. The molecule has 0 unspecified atom stereocenters. The normalized spacial score (nSPS) is 13.3. The molecule has 0 aromatic carbocycles. The highest BCUT2D eigenvalue weighted by Crippen LogP contribution is 2.22. The molecule has 9 nitrogen and oxygen atoms in total. The summed E-state index contributed by atoms with van der Waals surface area (Å²) in [4.78, 5) is 35.6. The van der Waals surface area contributed by atoms with Crippen molar-refractivity contribution in [3.8, 4) is 0 Å². The lowest BCUT2D eigenvalue weighted by atomic mass is 10.3. The molecule has 0 bridgehead atoms. The van der Waals surface area contributed by atoms with Crippen molar-refractivity contribution >= 4 is 28.9 Å². The van der Waals surface area contributed by atoms with Crippen LogP contribution in [0.1, 0.15) is 31.3 Å². The molecule has 9 heteroatoms. The monoisotopic (exact) mass is 351 g/mol. The Balaban J connectivity index is 2.10. The molecule has 0 aliphatic carbocycles. The summed E-state index contributed by atoms with van der Waals surface area (Å²) in [6.07, 6.45) is 1.46. The smallest absolute Gasteiger partial charge is 0.355 e. The number of carbonyl (C=O) groups excluding carboxylic acids is 3. The van der Waals surface area contributed by atoms with E-state index in [9.17, 15) is 14.4 Å². The van der Waals surface area contributed by atoms with E-state index in [4.69, 9.17) is 19.6 Å². The van der Waals surface area contributed by atoms with E-state index < -0.39 is 29.9 Å². The highest BCUT2D eigenvalue weighted by molar-refractivity contribution is 5.94. The largest absolute Gasteiger partial charge is 0.463 e. The summed E-state index contributed by atoms with van der Waals surface area (Å²) in [5.74, 6) is -1.67. The van der Waals surface area contributed by atoms with Crippen molar-refractivity contribution in [2.24, 2.45) is 5.73 Å². The van der Waals surface area contributed by atoms with Crippen LogP contribution in [-0.2, 0) is 25.8 Å². The Morgan fingerprint density at radius 3 is 2.68 bits per heavy atom. The molecule has 0 aliphatic heterocycles. The molecule has 2 heterocycles. The van der Waals surface area contributed by atoms with Gasteiger partial charge in [-0.05, 0) is 20.8 Å². The van der Waals surface area contributed by atoms with Crippen LogP contribution in [0.25, 0.3) is 11.1 Å². The van der Waals surface area contributed by atoms with Crippen molar-refractivity contribution in [2.45, 2.75) is 39.6 Å². The zero-order valence-electron chi connectivity index (χ0n) is 14.3. The molecule has 2 aromatic rings. The van der Waals surface area contributed by atoms with Crippen LogP contribution in [0.3, 0.4) is 0 Å². The number of hydrogen-bond acceptors (Lipinski definition) is 7. The number of esters is 2. The molecule has 2 rings (SSSR count). The number of amides is 1. The third-order valence-corrected chi connectivity index (χ3v) is 3.47. The third-order valence-electron chi connectivity index (χ3n) is 3.47. The van der Waals surface area contributed by atoms with Gasteiger partial charge in [0.2, 0.25) is 5.91 Å². The molecular weight excluding hydrogens is 330 g/mol. The van der Waals surface area contributed by atoms with Crippen molar-refractivity contribution in [3.05, 3.63) is 24.1 Å². The molecule has 3 N–H and O–H groups in total. The van der Waals surface area contributed by atoms with Gasteiger partial charge in [-0.1, -0.05) is 0 Å². The minimum atomic E-state index is -0.875. The minimum Gasteiger partial charge on any atom is -0.463 e. The first kappa shape index (κ1) is 18.5. The van der Waals surface area contributed by atoms with E-state index in [-0.39, 0.29) is 19.0 Å². The number of furan rings is 1. The average Bonchev–Trinajstić information content (AvgIpc) is 3.13. The van der Waals surface area contributed by atoms with Crippen LogP contribution >= 0.6 is 0 Å². The number of hydrogen-bond donors (Lipinski definition) is 2. The van der Waals surface area contributed by atoms with Gasteiger partial charge in [-0.2, -0.15) is 0 Å². The SMILES string of the molecule is CCOC(=O)c1cc2occc2n1COC(=O)[C@H](C)NC(=O)[C@H](C)N. The molecule has 2 atom stereocenters. The molecule has 0 spiro atoms. The maximum Gasteiger partial charge on any atom is 0.355 e. The zero-order chi connectivity index (χ0) is 18.6. The summed E-state index contributed by atoms with van der Waals surface area (Å²) < 4.78 is 16.9. The molecule has 25 heavy (non-hydrogen) atoms. The highest BCUT2D eigenvalue weighted by atomic mass is 16.5. The van der Waals surface area contributed by atoms with E-state index in [1.54, 1.807) is 13.0 Å². The van der Waals surface area contributed by atoms with E-state index in [1.165, 1.54) is 30.7 Å². The van der Waals surface area contributed by atoms with Gasteiger partial charge in [0.1, 0.15) is 11.7 Å². The highest BCUT2D eigenvalue weighted by Gasteiger charge is 2.22. The maximum atomic E-state index is 12.0. The van der Waals surface area contributed by atoms with Crippen molar-refractivity contribution in [1.29, 1.82) is 0 Å². The molecule has 0 saturated carbocycles. The summed E-state index contributed by atoms with van der Waals surface area (Å²) in [6.45, 7) is 4.67.